The van der Waals surface area contributed by atoms with Gasteiger partial charge in [-0.25, -0.2) is 9.78 Å². The maximum atomic E-state index is 12.5. The highest BCUT2D eigenvalue weighted by Crippen LogP contribution is 2.21. The zero-order valence-electron chi connectivity index (χ0n) is 16.8. The number of ether oxygens (including phenoxy) is 1. The standard InChI is InChI=1S/C21H32N4O3/c1-2-28-21(27)25-13-11-17(12-14-25)24-20(26)19-10-9-18(15-22-19)23-16-7-5-3-4-6-8-16/h9-10,15-17,23H,2-8,11-14H2,1H3,(H,24,26). The Morgan fingerprint density at radius 1 is 1.07 bits per heavy atom. The molecule has 2 fully saturated rings. The number of nitrogens with zero attached hydrogens (tertiary/aromatic N) is 2. The first-order valence-corrected chi connectivity index (χ1v) is 10.6. The molecular weight excluding hydrogens is 356 g/mol. The first kappa shape index (κ1) is 20.4. The van der Waals surface area contributed by atoms with Crippen molar-refractivity contribution >= 4 is 17.7 Å². The predicted molar refractivity (Wildman–Crippen MR) is 108 cm³/mol. The Morgan fingerprint density at radius 3 is 2.39 bits per heavy atom. The molecule has 1 aliphatic carbocycles. The van der Waals surface area contributed by atoms with Gasteiger partial charge in [0.25, 0.3) is 5.91 Å². The topological polar surface area (TPSA) is 83.6 Å². The lowest BCUT2D eigenvalue weighted by atomic mass is 10.1. The van der Waals surface area contributed by atoms with Crippen molar-refractivity contribution in [3.05, 3.63) is 24.0 Å². The molecule has 2 heterocycles. The van der Waals surface area contributed by atoms with Crippen LogP contribution in [-0.4, -0.2) is 53.7 Å². The molecule has 1 saturated heterocycles. The van der Waals surface area contributed by atoms with Crippen LogP contribution in [0.4, 0.5) is 10.5 Å². The number of anilines is 1. The number of rotatable bonds is 5. The lowest BCUT2D eigenvalue weighted by molar-refractivity contribution is 0.0856. The van der Waals surface area contributed by atoms with Crippen molar-refractivity contribution in [3.8, 4) is 0 Å². The molecule has 0 radical (unpaired) electrons. The Balaban J connectivity index is 1.45. The minimum atomic E-state index is -0.272. The molecule has 2 aliphatic rings. The third kappa shape index (κ3) is 5.84. The number of carbonyl (C=O) groups is 2. The zero-order chi connectivity index (χ0) is 19.8. The molecule has 1 aromatic rings. The van der Waals surface area contributed by atoms with Crippen molar-refractivity contribution in [1.29, 1.82) is 0 Å². The van der Waals surface area contributed by atoms with E-state index < -0.39 is 0 Å². The smallest absolute Gasteiger partial charge is 0.409 e. The number of carbonyl (C=O) groups excluding carboxylic acids is 2. The SMILES string of the molecule is CCOC(=O)N1CCC(NC(=O)c2ccc(NC3CCCCCC3)cn2)CC1. The molecular formula is C21H32N4O3. The molecule has 1 aliphatic heterocycles. The van der Waals surface area contributed by atoms with E-state index in [1.165, 1.54) is 38.5 Å². The highest BCUT2D eigenvalue weighted by molar-refractivity contribution is 5.92. The Morgan fingerprint density at radius 2 is 1.79 bits per heavy atom. The van der Waals surface area contributed by atoms with E-state index in [1.807, 2.05) is 6.07 Å². The first-order chi connectivity index (χ1) is 13.7. The fraction of sp³-hybridized carbons (Fsp3) is 0.667. The van der Waals surface area contributed by atoms with Gasteiger partial charge in [0.05, 0.1) is 18.5 Å². The number of nitrogens with one attached hydrogen (secondary N) is 2. The molecule has 1 saturated carbocycles. The molecule has 2 N–H and O–H groups in total. The molecule has 0 bridgehead atoms. The number of amides is 2. The van der Waals surface area contributed by atoms with Gasteiger partial charge in [0, 0.05) is 25.2 Å². The van der Waals surface area contributed by atoms with Crippen molar-refractivity contribution in [2.24, 2.45) is 0 Å². The largest absolute Gasteiger partial charge is 0.450 e. The van der Waals surface area contributed by atoms with Crippen molar-refractivity contribution in [1.82, 2.24) is 15.2 Å². The van der Waals surface area contributed by atoms with Gasteiger partial charge >= 0.3 is 6.09 Å². The first-order valence-electron chi connectivity index (χ1n) is 10.6. The van der Waals surface area contributed by atoms with E-state index >= 15 is 0 Å². The molecule has 7 heteroatoms. The quantitative estimate of drug-likeness (QED) is 0.754. The number of aromatic nitrogens is 1. The van der Waals surface area contributed by atoms with E-state index in [4.69, 9.17) is 4.74 Å². The highest BCUT2D eigenvalue weighted by Gasteiger charge is 2.25. The maximum absolute atomic E-state index is 12.5. The number of hydrogen-bond acceptors (Lipinski definition) is 5. The van der Waals surface area contributed by atoms with Crippen molar-refractivity contribution in [3.63, 3.8) is 0 Å². The van der Waals surface area contributed by atoms with Crippen LogP contribution in [0.1, 0.15) is 68.8 Å². The van der Waals surface area contributed by atoms with Gasteiger partial charge < -0.3 is 20.3 Å². The molecule has 7 nitrogen and oxygen atoms in total. The van der Waals surface area contributed by atoms with Crippen LogP contribution in [0.5, 0.6) is 0 Å². The van der Waals surface area contributed by atoms with Crippen molar-refractivity contribution in [2.45, 2.75) is 70.4 Å². The van der Waals surface area contributed by atoms with Crippen molar-refractivity contribution < 1.29 is 14.3 Å². The van der Waals surface area contributed by atoms with Gasteiger partial charge in [0.1, 0.15) is 5.69 Å². The van der Waals surface area contributed by atoms with E-state index in [0.717, 1.165) is 18.5 Å². The Hall–Kier alpha value is -2.31. The van der Waals surface area contributed by atoms with E-state index in [2.05, 4.69) is 15.6 Å². The van der Waals surface area contributed by atoms with E-state index in [1.54, 1.807) is 24.1 Å². The van der Waals surface area contributed by atoms with Crippen LogP contribution in [0.25, 0.3) is 0 Å². The molecule has 1 aromatic heterocycles. The number of hydrogen-bond donors (Lipinski definition) is 2. The van der Waals surface area contributed by atoms with Crippen LogP contribution < -0.4 is 10.6 Å². The summed E-state index contributed by atoms with van der Waals surface area (Å²) in [4.78, 5) is 30.3. The predicted octanol–water partition coefficient (Wildman–Crippen LogP) is 3.57. The maximum Gasteiger partial charge on any atom is 0.409 e. The third-order valence-electron chi connectivity index (χ3n) is 5.58. The fourth-order valence-corrected chi connectivity index (χ4v) is 3.95. The summed E-state index contributed by atoms with van der Waals surface area (Å²) in [6, 6.07) is 4.29. The van der Waals surface area contributed by atoms with Gasteiger partial charge in [-0.3, -0.25) is 4.79 Å². The van der Waals surface area contributed by atoms with Crippen LogP contribution in [0.15, 0.2) is 18.3 Å². The van der Waals surface area contributed by atoms with Crippen LogP contribution >= 0.6 is 0 Å². The zero-order valence-corrected chi connectivity index (χ0v) is 16.8. The highest BCUT2D eigenvalue weighted by atomic mass is 16.6. The summed E-state index contributed by atoms with van der Waals surface area (Å²) in [6.45, 7) is 3.38. The Kier molecular flexibility index (Phi) is 7.51. The second-order valence-electron chi connectivity index (χ2n) is 7.70. The van der Waals surface area contributed by atoms with Crippen LogP contribution in [0, 0.1) is 0 Å². The molecule has 28 heavy (non-hydrogen) atoms. The minimum absolute atomic E-state index is 0.0590. The van der Waals surface area contributed by atoms with Crippen LogP contribution in [-0.2, 0) is 4.74 Å². The summed E-state index contributed by atoms with van der Waals surface area (Å²) in [7, 11) is 0. The van der Waals surface area contributed by atoms with Gasteiger partial charge in [0.2, 0.25) is 0 Å². The number of piperidine rings is 1. The molecule has 154 valence electrons. The van der Waals surface area contributed by atoms with Gasteiger partial charge in [0.15, 0.2) is 0 Å². The summed E-state index contributed by atoms with van der Waals surface area (Å²) < 4.78 is 5.02. The monoisotopic (exact) mass is 388 g/mol. The summed E-state index contributed by atoms with van der Waals surface area (Å²) in [6.07, 6.45) is 10.6. The van der Waals surface area contributed by atoms with Gasteiger partial charge in [-0.1, -0.05) is 25.7 Å². The molecule has 2 amide bonds. The molecule has 0 atom stereocenters. The molecule has 3 rings (SSSR count). The number of pyridine rings is 1. The van der Waals surface area contributed by atoms with Crippen LogP contribution in [0.3, 0.4) is 0 Å². The second kappa shape index (κ2) is 10.3. The van der Waals surface area contributed by atoms with Crippen molar-refractivity contribution in [2.75, 3.05) is 25.0 Å². The summed E-state index contributed by atoms with van der Waals surface area (Å²) in [5.41, 5.74) is 1.41. The molecule has 0 unspecified atom stereocenters. The summed E-state index contributed by atoms with van der Waals surface area (Å²) >= 11 is 0. The second-order valence-corrected chi connectivity index (χ2v) is 7.70. The average Bonchev–Trinajstić information content (AvgIpc) is 2.98. The van der Waals surface area contributed by atoms with E-state index in [9.17, 15) is 9.59 Å². The average molecular weight is 389 g/mol. The van der Waals surface area contributed by atoms with Gasteiger partial charge in [-0.2, -0.15) is 0 Å². The summed E-state index contributed by atoms with van der Waals surface area (Å²) in [5.74, 6) is -0.157. The lowest BCUT2D eigenvalue weighted by Crippen LogP contribution is -2.46. The van der Waals surface area contributed by atoms with E-state index in [-0.39, 0.29) is 18.0 Å². The Labute approximate surface area is 167 Å². The van der Waals surface area contributed by atoms with Gasteiger partial charge in [-0.05, 0) is 44.7 Å². The third-order valence-corrected chi connectivity index (χ3v) is 5.58. The fourth-order valence-electron chi connectivity index (χ4n) is 3.95. The minimum Gasteiger partial charge on any atom is -0.450 e. The van der Waals surface area contributed by atoms with E-state index in [0.29, 0.717) is 31.4 Å². The van der Waals surface area contributed by atoms with Gasteiger partial charge in [-0.15, -0.1) is 0 Å². The number of likely N-dealkylation sites (tertiary alicyclic amines) is 1. The van der Waals surface area contributed by atoms with Crippen LogP contribution in [0.2, 0.25) is 0 Å². The molecule has 0 spiro atoms. The molecule has 0 aromatic carbocycles. The summed E-state index contributed by atoms with van der Waals surface area (Å²) in [5, 5.41) is 6.59. The normalized spacial score (nSPS) is 19.0. The Bertz CT molecular complexity index is 634. The lowest BCUT2D eigenvalue weighted by Gasteiger charge is -2.31.